The Morgan fingerprint density at radius 3 is 2.88 bits per heavy atom. The van der Waals surface area contributed by atoms with Gasteiger partial charge in [-0.05, 0) is 50.8 Å². The molecule has 1 fully saturated rings. The molecule has 1 aliphatic rings. The summed E-state index contributed by atoms with van der Waals surface area (Å²) in [5.74, 6) is -0.591. The predicted molar refractivity (Wildman–Crippen MR) is 95.7 cm³/mol. The lowest BCUT2D eigenvalue weighted by molar-refractivity contribution is -0.137. The second-order valence-electron chi connectivity index (χ2n) is 6.20. The quantitative estimate of drug-likeness (QED) is 0.794. The van der Waals surface area contributed by atoms with Crippen LogP contribution in [0.1, 0.15) is 32.6 Å². The fraction of sp³-hybridized carbons (Fsp3) is 0.529. The minimum atomic E-state index is -0.770. The van der Waals surface area contributed by atoms with Gasteiger partial charge in [-0.3, -0.25) is 14.5 Å². The Bertz CT molecular complexity index is 609. The van der Waals surface area contributed by atoms with Gasteiger partial charge >= 0.3 is 5.97 Å². The summed E-state index contributed by atoms with van der Waals surface area (Å²) in [4.78, 5) is 25.3. The van der Waals surface area contributed by atoms with Crippen LogP contribution in [0.4, 0.5) is 5.69 Å². The second kappa shape index (κ2) is 8.70. The molecule has 24 heavy (non-hydrogen) atoms. The standard InChI is InChI=1S/C17H22Cl2N2O3/c1-11(17(24)20-14-6-2-5-13(18)16(14)19)21-9-3-4-12(10-21)7-8-15(22)23/h2,5-6,11-12H,3-4,7-10H2,1H3,(H,20,24)(H,22,23). The molecule has 0 aliphatic carbocycles. The summed E-state index contributed by atoms with van der Waals surface area (Å²) in [6, 6.07) is 4.80. The molecule has 1 aromatic carbocycles. The number of aliphatic carboxylic acids is 1. The number of hydrogen-bond acceptors (Lipinski definition) is 3. The molecule has 7 heteroatoms. The first-order chi connectivity index (χ1) is 11.4. The summed E-state index contributed by atoms with van der Waals surface area (Å²) in [5, 5.41) is 12.4. The van der Waals surface area contributed by atoms with Crippen LogP contribution in [0.2, 0.25) is 10.0 Å². The van der Waals surface area contributed by atoms with E-state index < -0.39 is 5.97 Å². The number of anilines is 1. The zero-order valence-electron chi connectivity index (χ0n) is 13.6. The van der Waals surface area contributed by atoms with E-state index in [2.05, 4.69) is 10.2 Å². The maximum absolute atomic E-state index is 12.5. The minimum absolute atomic E-state index is 0.141. The molecule has 1 aromatic rings. The summed E-state index contributed by atoms with van der Waals surface area (Å²) in [6.07, 6.45) is 2.82. The van der Waals surface area contributed by atoms with Crippen molar-refractivity contribution in [3.8, 4) is 0 Å². The summed E-state index contributed by atoms with van der Waals surface area (Å²) in [7, 11) is 0. The van der Waals surface area contributed by atoms with E-state index in [9.17, 15) is 9.59 Å². The lowest BCUT2D eigenvalue weighted by Gasteiger charge is -2.36. The van der Waals surface area contributed by atoms with Crippen molar-refractivity contribution in [1.82, 2.24) is 4.90 Å². The molecule has 132 valence electrons. The molecular weight excluding hydrogens is 351 g/mol. The second-order valence-corrected chi connectivity index (χ2v) is 6.99. The van der Waals surface area contributed by atoms with Crippen LogP contribution in [-0.2, 0) is 9.59 Å². The van der Waals surface area contributed by atoms with E-state index >= 15 is 0 Å². The van der Waals surface area contributed by atoms with Gasteiger partial charge in [0.2, 0.25) is 5.91 Å². The van der Waals surface area contributed by atoms with Gasteiger partial charge in [0.1, 0.15) is 0 Å². The zero-order chi connectivity index (χ0) is 17.7. The number of carbonyl (C=O) groups excluding carboxylic acids is 1. The number of hydrogen-bond donors (Lipinski definition) is 2. The van der Waals surface area contributed by atoms with Crippen LogP contribution >= 0.6 is 23.2 Å². The highest BCUT2D eigenvalue weighted by atomic mass is 35.5. The van der Waals surface area contributed by atoms with Gasteiger partial charge in [0.05, 0.1) is 21.8 Å². The number of carbonyl (C=O) groups is 2. The molecular formula is C17H22Cl2N2O3. The molecule has 1 saturated heterocycles. The van der Waals surface area contributed by atoms with Gasteiger partial charge in [0.15, 0.2) is 0 Å². The van der Waals surface area contributed by atoms with Crippen LogP contribution in [0, 0.1) is 5.92 Å². The molecule has 1 heterocycles. The number of amides is 1. The van der Waals surface area contributed by atoms with Gasteiger partial charge in [-0.25, -0.2) is 0 Å². The third-order valence-electron chi connectivity index (χ3n) is 4.45. The van der Waals surface area contributed by atoms with Crippen molar-refractivity contribution >= 4 is 40.8 Å². The SMILES string of the molecule is CC(C(=O)Nc1cccc(Cl)c1Cl)N1CCCC(CCC(=O)O)C1. The van der Waals surface area contributed by atoms with Crippen LogP contribution in [0.3, 0.4) is 0 Å². The molecule has 5 nitrogen and oxygen atoms in total. The maximum Gasteiger partial charge on any atom is 0.303 e. The number of piperidine rings is 1. The van der Waals surface area contributed by atoms with Gasteiger partial charge in [-0.1, -0.05) is 29.3 Å². The van der Waals surface area contributed by atoms with Crippen molar-refractivity contribution in [2.45, 2.75) is 38.6 Å². The van der Waals surface area contributed by atoms with Crippen LogP contribution in [0.5, 0.6) is 0 Å². The number of carboxylic acids is 1. The molecule has 2 N–H and O–H groups in total. The molecule has 0 bridgehead atoms. The van der Waals surface area contributed by atoms with E-state index in [0.29, 0.717) is 28.1 Å². The molecule has 0 spiro atoms. The van der Waals surface area contributed by atoms with E-state index in [4.69, 9.17) is 28.3 Å². The molecule has 2 unspecified atom stereocenters. The molecule has 1 amide bonds. The Balaban J connectivity index is 1.94. The Labute approximate surface area is 151 Å². The van der Waals surface area contributed by atoms with Crippen molar-refractivity contribution in [2.75, 3.05) is 18.4 Å². The van der Waals surface area contributed by atoms with Gasteiger partial charge in [-0.2, -0.15) is 0 Å². The molecule has 0 saturated carbocycles. The van der Waals surface area contributed by atoms with Gasteiger partial charge in [0, 0.05) is 13.0 Å². The van der Waals surface area contributed by atoms with Crippen molar-refractivity contribution in [3.05, 3.63) is 28.2 Å². The first kappa shape index (κ1) is 19.0. The first-order valence-corrected chi connectivity index (χ1v) is 8.84. The lowest BCUT2D eigenvalue weighted by Crippen LogP contribution is -2.47. The number of benzene rings is 1. The smallest absolute Gasteiger partial charge is 0.303 e. The number of likely N-dealkylation sites (tertiary alicyclic amines) is 1. The highest BCUT2D eigenvalue weighted by Gasteiger charge is 2.28. The van der Waals surface area contributed by atoms with Crippen LogP contribution in [0.15, 0.2) is 18.2 Å². The van der Waals surface area contributed by atoms with E-state index in [1.807, 2.05) is 6.92 Å². The van der Waals surface area contributed by atoms with E-state index in [-0.39, 0.29) is 18.4 Å². The van der Waals surface area contributed by atoms with Crippen molar-refractivity contribution in [2.24, 2.45) is 5.92 Å². The molecule has 0 aromatic heterocycles. The van der Waals surface area contributed by atoms with Crippen LogP contribution in [-0.4, -0.2) is 41.0 Å². The Morgan fingerprint density at radius 1 is 1.42 bits per heavy atom. The Hall–Kier alpha value is -1.30. The summed E-state index contributed by atoms with van der Waals surface area (Å²) in [5.41, 5.74) is 0.500. The van der Waals surface area contributed by atoms with E-state index in [1.54, 1.807) is 18.2 Å². The lowest BCUT2D eigenvalue weighted by atomic mass is 9.92. The largest absolute Gasteiger partial charge is 0.481 e. The van der Waals surface area contributed by atoms with Crippen LogP contribution < -0.4 is 5.32 Å². The number of nitrogens with one attached hydrogen (secondary N) is 1. The summed E-state index contributed by atoms with van der Waals surface area (Å²) >= 11 is 12.1. The molecule has 1 aliphatic heterocycles. The van der Waals surface area contributed by atoms with E-state index in [0.717, 1.165) is 25.9 Å². The number of nitrogens with zero attached hydrogens (tertiary/aromatic N) is 1. The predicted octanol–water partition coefficient (Wildman–Crippen LogP) is 3.90. The summed E-state index contributed by atoms with van der Waals surface area (Å²) < 4.78 is 0. The molecule has 2 atom stereocenters. The van der Waals surface area contributed by atoms with Gasteiger partial charge < -0.3 is 10.4 Å². The van der Waals surface area contributed by atoms with Crippen molar-refractivity contribution < 1.29 is 14.7 Å². The van der Waals surface area contributed by atoms with Gasteiger partial charge in [0.25, 0.3) is 0 Å². The average molecular weight is 373 g/mol. The average Bonchev–Trinajstić information content (AvgIpc) is 2.56. The highest BCUT2D eigenvalue weighted by molar-refractivity contribution is 6.44. The number of rotatable bonds is 6. The molecule has 0 radical (unpaired) electrons. The Kier molecular flexibility index (Phi) is 6.90. The zero-order valence-corrected chi connectivity index (χ0v) is 15.1. The number of carboxylic acid groups (broad SMARTS) is 1. The fourth-order valence-corrected chi connectivity index (χ4v) is 3.36. The highest BCUT2D eigenvalue weighted by Crippen LogP contribution is 2.30. The Morgan fingerprint density at radius 2 is 2.17 bits per heavy atom. The number of halogens is 2. The first-order valence-electron chi connectivity index (χ1n) is 8.09. The third kappa shape index (κ3) is 5.10. The topological polar surface area (TPSA) is 69.6 Å². The normalized spacial score (nSPS) is 19.7. The van der Waals surface area contributed by atoms with Crippen molar-refractivity contribution in [3.63, 3.8) is 0 Å². The minimum Gasteiger partial charge on any atom is -0.481 e. The maximum atomic E-state index is 12.5. The third-order valence-corrected chi connectivity index (χ3v) is 5.27. The monoisotopic (exact) mass is 372 g/mol. The van der Waals surface area contributed by atoms with Crippen molar-refractivity contribution in [1.29, 1.82) is 0 Å². The van der Waals surface area contributed by atoms with E-state index in [1.165, 1.54) is 0 Å². The van der Waals surface area contributed by atoms with Gasteiger partial charge in [-0.15, -0.1) is 0 Å². The summed E-state index contributed by atoms with van der Waals surface area (Å²) in [6.45, 7) is 3.43. The van der Waals surface area contributed by atoms with Crippen LogP contribution in [0.25, 0.3) is 0 Å². The molecule has 2 rings (SSSR count). The fourth-order valence-electron chi connectivity index (χ4n) is 3.02.